The summed E-state index contributed by atoms with van der Waals surface area (Å²) in [6.07, 6.45) is 2.81. The molecule has 1 unspecified atom stereocenters. The monoisotopic (exact) mass is 857 g/mol. The number of hydrogen-bond acceptors (Lipinski definition) is 11. The third-order valence-corrected chi connectivity index (χ3v) is 12.4. The second-order valence-electron chi connectivity index (χ2n) is 16.9. The van der Waals surface area contributed by atoms with Crippen molar-refractivity contribution in [3.05, 3.63) is 86.3 Å². The first-order valence-electron chi connectivity index (χ1n) is 22.5. The molecule has 1 atom stereocenters. The van der Waals surface area contributed by atoms with Crippen molar-refractivity contribution in [2.45, 2.75) is 78.6 Å². The van der Waals surface area contributed by atoms with Crippen molar-refractivity contribution in [3.63, 3.8) is 0 Å². The Kier molecular flexibility index (Phi) is 17.5. The molecule has 3 saturated heterocycles. The van der Waals surface area contributed by atoms with Gasteiger partial charge in [0, 0.05) is 120 Å². The van der Waals surface area contributed by atoms with Crippen LogP contribution < -0.4 is 26.4 Å². The molecule has 5 N–H and O–H groups in total. The average molecular weight is 857 g/mol. The molecule has 3 amide bonds. The van der Waals surface area contributed by atoms with Crippen molar-refractivity contribution >= 4 is 23.4 Å². The number of nitrogens with zero attached hydrogens (tertiary/aromatic N) is 4. The Morgan fingerprint density at radius 2 is 1.65 bits per heavy atom. The van der Waals surface area contributed by atoms with Gasteiger partial charge in [0.2, 0.25) is 11.8 Å². The van der Waals surface area contributed by atoms with E-state index in [2.05, 4.69) is 72.9 Å². The molecular formula is C47H68N8O7. The largest absolute Gasteiger partial charge is 0.391 e. The highest BCUT2D eigenvalue weighted by Crippen LogP contribution is 2.34. The number of aromatic nitrogens is 1. The predicted molar refractivity (Wildman–Crippen MR) is 241 cm³/mol. The zero-order chi connectivity index (χ0) is 44.0. The van der Waals surface area contributed by atoms with Gasteiger partial charge in [-0.25, -0.2) is 0 Å². The fourth-order valence-corrected chi connectivity index (χ4v) is 8.74. The molecule has 62 heavy (non-hydrogen) atoms. The second kappa shape index (κ2) is 23.2. The fourth-order valence-electron chi connectivity index (χ4n) is 8.74. The Morgan fingerprint density at radius 3 is 2.34 bits per heavy atom. The van der Waals surface area contributed by atoms with Crippen LogP contribution in [0.3, 0.4) is 0 Å². The number of nitrogens with one attached hydrogen (secondary N) is 4. The van der Waals surface area contributed by atoms with E-state index in [9.17, 15) is 24.3 Å². The number of carbonyl (C=O) groups excluding carboxylic acids is 3. The highest BCUT2D eigenvalue weighted by molar-refractivity contribution is 5.99. The molecule has 0 bridgehead atoms. The molecule has 0 saturated carbocycles. The molecular weight excluding hydrogens is 789 g/mol. The summed E-state index contributed by atoms with van der Waals surface area (Å²) in [4.78, 5) is 63.0. The van der Waals surface area contributed by atoms with Gasteiger partial charge < -0.3 is 45.3 Å². The minimum Gasteiger partial charge on any atom is -0.391 e. The minimum atomic E-state index is -0.408. The van der Waals surface area contributed by atoms with Gasteiger partial charge in [-0.3, -0.25) is 29.0 Å². The van der Waals surface area contributed by atoms with Gasteiger partial charge in [0.25, 0.3) is 11.5 Å². The van der Waals surface area contributed by atoms with E-state index in [0.29, 0.717) is 69.5 Å². The molecule has 338 valence electrons. The normalized spacial score (nSPS) is 17.6. The number of β-amino-alcohol motifs (C(OH)–C–C–N with tert-alkyl or cyclic N) is 1. The zero-order valence-electron chi connectivity index (χ0n) is 37.2. The van der Waals surface area contributed by atoms with Crippen LogP contribution >= 0.6 is 0 Å². The summed E-state index contributed by atoms with van der Waals surface area (Å²) in [6, 6.07) is 15.0. The summed E-state index contributed by atoms with van der Waals surface area (Å²) in [6.45, 7) is 18.3. The summed E-state index contributed by atoms with van der Waals surface area (Å²) in [7, 11) is 0. The third kappa shape index (κ3) is 13.2. The highest BCUT2D eigenvalue weighted by atomic mass is 16.5. The van der Waals surface area contributed by atoms with E-state index in [-0.39, 0.29) is 36.4 Å². The maximum atomic E-state index is 14.0. The molecule has 4 heterocycles. The Hall–Kier alpha value is -4.64. The molecule has 0 aliphatic carbocycles. The van der Waals surface area contributed by atoms with Crippen LogP contribution in [-0.4, -0.2) is 153 Å². The van der Waals surface area contributed by atoms with Crippen molar-refractivity contribution in [1.82, 2.24) is 35.6 Å². The van der Waals surface area contributed by atoms with Crippen molar-refractivity contribution in [2.24, 2.45) is 0 Å². The van der Waals surface area contributed by atoms with Gasteiger partial charge in [-0.2, -0.15) is 0 Å². The number of rotatable bonds is 20. The van der Waals surface area contributed by atoms with Crippen LogP contribution in [0.2, 0.25) is 0 Å². The van der Waals surface area contributed by atoms with Crippen LogP contribution in [0.15, 0.2) is 47.3 Å². The Labute approximate surface area is 366 Å². The molecule has 6 rings (SSSR count). The molecule has 2 aromatic carbocycles. The third-order valence-electron chi connectivity index (χ3n) is 12.4. The first-order chi connectivity index (χ1) is 30.0. The van der Waals surface area contributed by atoms with Crippen LogP contribution in [0.5, 0.6) is 0 Å². The van der Waals surface area contributed by atoms with Crippen LogP contribution in [-0.2, 0) is 32.2 Å². The molecule has 0 radical (unpaired) electrons. The Bertz CT molecular complexity index is 2010. The van der Waals surface area contributed by atoms with Gasteiger partial charge in [0.15, 0.2) is 0 Å². The topological polar surface area (TPSA) is 172 Å². The van der Waals surface area contributed by atoms with Gasteiger partial charge in [0.05, 0.1) is 25.8 Å². The molecule has 15 heteroatoms. The number of aliphatic hydroxyl groups is 1. The van der Waals surface area contributed by atoms with Gasteiger partial charge in [-0.15, -0.1) is 0 Å². The summed E-state index contributed by atoms with van der Waals surface area (Å²) in [5, 5.41) is 18.7. The van der Waals surface area contributed by atoms with Crippen molar-refractivity contribution in [2.75, 3.05) is 103 Å². The number of carbonyl (C=O) groups is 3. The number of anilines is 1. The van der Waals surface area contributed by atoms with E-state index >= 15 is 0 Å². The number of piperazine rings is 1. The molecule has 3 aliphatic rings. The molecule has 3 fully saturated rings. The molecule has 1 aromatic heterocycles. The van der Waals surface area contributed by atoms with Crippen molar-refractivity contribution in [1.29, 1.82) is 0 Å². The lowest BCUT2D eigenvalue weighted by Crippen LogP contribution is -2.49. The van der Waals surface area contributed by atoms with Crippen LogP contribution in [0, 0.1) is 20.8 Å². The number of H-pyrrole nitrogens is 1. The van der Waals surface area contributed by atoms with E-state index in [0.717, 1.165) is 105 Å². The molecule has 3 aliphatic heterocycles. The minimum absolute atomic E-state index is 0.000893. The lowest BCUT2D eigenvalue weighted by molar-refractivity contribution is -0.129. The number of aryl methyl sites for hydroxylation is 2. The number of ether oxygens (including phenoxy) is 2. The molecule has 15 nitrogen and oxygen atoms in total. The van der Waals surface area contributed by atoms with E-state index in [1.54, 1.807) is 4.90 Å². The fraction of sp³-hybridized carbons (Fsp3) is 0.574. The lowest BCUT2D eigenvalue weighted by Gasteiger charge is -2.37. The summed E-state index contributed by atoms with van der Waals surface area (Å²) < 4.78 is 11.3. The van der Waals surface area contributed by atoms with Gasteiger partial charge >= 0.3 is 0 Å². The standard InChI is InChI=1S/C47H68N8O7/c1-5-55(39-12-22-62-23-13-39)43-27-38(26-41(35(43)4)46(59)50-28-42-33(2)25-34(3)51-47(42)60)37-9-7-36(8-10-37)30-52-17-19-53(20-18-52)32-44(57)49-14-6-21-61-24-15-48-29-45(58)54-16-11-40(56)31-54/h7-10,25-27,39-40,48,56H,5-6,11-24,28-32H2,1-4H3,(H,49,57)(H,50,59)(H,51,60). The average Bonchev–Trinajstić information content (AvgIpc) is 3.71. The van der Waals surface area contributed by atoms with Gasteiger partial charge in [0.1, 0.15) is 0 Å². The maximum Gasteiger partial charge on any atom is 0.253 e. The quantitative estimate of drug-likeness (QED) is 0.106. The number of aromatic amines is 1. The van der Waals surface area contributed by atoms with E-state index in [1.165, 1.54) is 5.56 Å². The number of aliphatic hydroxyl groups excluding tert-OH is 1. The van der Waals surface area contributed by atoms with E-state index in [1.807, 2.05) is 32.9 Å². The van der Waals surface area contributed by atoms with Crippen LogP contribution in [0.25, 0.3) is 11.1 Å². The second-order valence-corrected chi connectivity index (χ2v) is 16.9. The smallest absolute Gasteiger partial charge is 0.253 e. The molecule has 0 spiro atoms. The first kappa shape index (κ1) is 46.9. The van der Waals surface area contributed by atoms with E-state index < -0.39 is 6.10 Å². The summed E-state index contributed by atoms with van der Waals surface area (Å²) in [5.41, 5.74) is 7.78. The number of hydrogen-bond donors (Lipinski definition) is 5. The van der Waals surface area contributed by atoms with Crippen LogP contribution in [0.4, 0.5) is 5.69 Å². The lowest BCUT2D eigenvalue weighted by atomic mass is 9.94. The molecule has 3 aromatic rings. The van der Waals surface area contributed by atoms with Crippen LogP contribution in [0.1, 0.15) is 70.9 Å². The highest BCUT2D eigenvalue weighted by Gasteiger charge is 2.26. The zero-order valence-corrected chi connectivity index (χ0v) is 37.2. The predicted octanol–water partition coefficient (Wildman–Crippen LogP) is 2.73. The number of amides is 3. The van der Waals surface area contributed by atoms with Crippen molar-refractivity contribution in [3.8, 4) is 11.1 Å². The Balaban J connectivity index is 0.964. The summed E-state index contributed by atoms with van der Waals surface area (Å²) in [5.74, 6) is -0.187. The summed E-state index contributed by atoms with van der Waals surface area (Å²) >= 11 is 0. The Morgan fingerprint density at radius 1 is 0.903 bits per heavy atom. The van der Waals surface area contributed by atoms with E-state index in [4.69, 9.17) is 9.47 Å². The SMILES string of the molecule is CCN(c1cc(-c2ccc(CN3CCN(CC(=O)NCCCOCCNCC(=O)N4CCC(O)C4)CC3)cc2)cc(C(=O)NCc2c(C)cc(C)[nH]c2=O)c1C)C1CCOCC1. The number of likely N-dealkylation sites (tertiary alicyclic amines) is 1. The van der Waals surface area contributed by atoms with Gasteiger partial charge in [-0.1, -0.05) is 24.3 Å². The number of pyridine rings is 1. The number of benzene rings is 2. The van der Waals surface area contributed by atoms with Crippen molar-refractivity contribution < 1.29 is 29.0 Å². The maximum absolute atomic E-state index is 14.0. The van der Waals surface area contributed by atoms with Gasteiger partial charge in [-0.05, 0) is 99.4 Å². The first-order valence-corrected chi connectivity index (χ1v) is 22.5.